The highest BCUT2D eigenvalue weighted by molar-refractivity contribution is 7.99. The van der Waals surface area contributed by atoms with Crippen molar-refractivity contribution in [2.24, 2.45) is 0 Å². The monoisotopic (exact) mass is 412 g/mol. The normalized spacial score (nSPS) is 11.7. The number of hydrogen-bond acceptors (Lipinski definition) is 5. The van der Waals surface area contributed by atoms with Crippen LogP contribution in [-0.2, 0) is 0 Å². The van der Waals surface area contributed by atoms with Crippen molar-refractivity contribution >= 4 is 39.1 Å². The first kappa shape index (κ1) is 19.2. The Bertz CT molecular complexity index is 1170. The van der Waals surface area contributed by atoms with E-state index in [1.165, 1.54) is 19.3 Å². The summed E-state index contributed by atoms with van der Waals surface area (Å²) in [4.78, 5) is 15.5. The smallest absolute Gasteiger partial charge is 0.268 e. The van der Waals surface area contributed by atoms with E-state index < -0.39 is 0 Å². The second kappa shape index (κ2) is 8.09. The lowest BCUT2D eigenvalue weighted by molar-refractivity contribution is 0.706. The third kappa shape index (κ3) is 3.26. The molecule has 1 aromatic carbocycles. The van der Waals surface area contributed by atoms with Crippen LogP contribution in [0, 0.1) is 13.8 Å². The lowest BCUT2D eigenvalue weighted by Crippen LogP contribution is -2.21. The van der Waals surface area contributed by atoms with Crippen LogP contribution in [0.25, 0.3) is 21.7 Å². The van der Waals surface area contributed by atoms with E-state index >= 15 is 0 Å². The number of benzene rings is 1. The summed E-state index contributed by atoms with van der Waals surface area (Å²) >= 11 is 3.38. The van der Waals surface area contributed by atoms with Crippen LogP contribution in [0.4, 0.5) is 0 Å². The molecule has 0 amide bonds. The van der Waals surface area contributed by atoms with Crippen molar-refractivity contribution in [2.45, 2.75) is 51.6 Å². The first-order chi connectivity index (χ1) is 13.6. The molecular formula is C21H24N4OS2. The van der Waals surface area contributed by atoms with E-state index in [0.29, 0.717) is 5.78 Å². The third-order valence-electron chi connectivity index (χ3n) is 5.05. The molecule has 7 heteroatoms. The number of para-hydroxylation sites is 1. The Balaban J connectivity index is 1.91. The molecule has 0 bridgehead atoms. The van der Waals surface area contributed by atoms with E-state index in [1.807, 2.05) is 37.3 Å². The van der Waals surface area contributed by atoms with Crippen molar-refractivity contribution in [3.05, 3.63) is 51.1 Å². The molecule has 146 valence electrons. The predicted molar refractivity (Wildman–Crippen MR) is 118 cm³/mol. The molecule has 0 aliphatic carbocycles. The summed E-state index contributed by atoms with van der Waals surface area (Å²) < 4.78 is 3.76. The zero-order chi connectivity index (χ0) is 19.7. The van der Waals surface area contributed by atoms with Gasteiger partial charge in [0.1, 0.15) is 4.83 Å². The quantitative estimate of drug-likeness (QED) is 0.302. The molecule has 28 heavy (non-hydrogen) atoms. The Kier molecular flexibility index (Phi) is 5.55. The number of aromatic nitrogens is 4. The van der Waals surface area contributed by atoms with Gasteiger partial charge in [-0.1, -0.05) is 56.1 Å². The molecule has 3 aromatic heterocycles. The maximum Gasteiger partial charge on any atom is 0.268 e. The predicted octanol–water partition coefficient (Wildman–Crippen LogP) is 5.38. The highest BCUT2D eigenvalue weighted by Gasteiger charge is 2.21. The van der Waals surface area contributed by atoms with Crippen LogP contribution in [0.1, 0.15) is 43.0 Å². The first-order valence-electron chi connectivity index (χ1n) is 9.71. The van der Waals surface area contributed by atoms with Crippen LogP contribution in [0.3, 0.4) is 0 Å². The van der Waals surface area contributed by atoms with Gasteiger partial charge in [0.25, 0.3) is 5.56 Å². The van der Waals surface area contributed by atoms with E-state index in [-0.39, 0.29) is 5.56 Å². The van der Waals surface area contributed by atoms with Crippen LogP contribution in [0.2, 0.25) is 0 Å². The van der Waals surface area contributed by atoms with E-state index in [1.54, 1.807) is 27.7 Å². The number of unbranched alkanes of at least 4 members (excludes halogenated alkanes) is 3. The summed E-state index contributed by atoms with van der Waals surface area (Å²) in [6, 6.07) is 9.70. The fraction of sp³-hybridized carbons (Fsp3) is 0.381. The van der Waals surface area contributed by atoms with Crippen molar-refractivity contribution in [3.63, 3.8) is 0 Å². The second-order valence-electron chi connectivity index (χ2n) is 6.97. The summed E-state index contributed by atoms with van der Waals surface area (Å²) in [6.07, 6.45) is 4.90. The van der Waals surface area contributed by atoms with Gasteiger partial charge in [-0.15, -0.1) is 21.5 Å². The summed E-state index contributed by atoms with van der Waals surface area (Å²) in [5.74, 6) is 1.59. The molecule has 0 radical (unpaired) electrons. The van der Waals surface area contributed by atoms with E-state index in [4.69, 9.17) is 0 Å². The molecule has 4 rings (SSSR count). The summed E-state index contributed by atoms with van der Waals surface area (Å²) in [6.45, 7) is 6.32. The van der Waals surface area contributed by atoms with Gasteiger partial charge in [-0.05, 0) is 38.0 Å². The molecule has 4 aromatic rings. The Labute approximate surface area is 172 Å². The Morgan fingerprint density at radius 2 is 1.86 bits per heavy atom. The average molecular weight is 413 g/mol. The molecule has 3 heterocycles. The van der Waals surface area contributed by atoms with Gasteiger partial charge < -0.3 is 0 Å². The number of hydrogen-bond donors (Lipinski definition) is 0. The Morgan fingerprint density at radius 3 is 2.61 bits per heavy atom. The van der Waals surface area contributed by atoms with Crippen LogP contribution >= 0.6 is 23.1 Å². The van der Waals surface area contributed by atoms with Gasteiger partial charge in [0, 0.05) is 10.6 Å². The minimum atomic E-state index is -0.0255. The van der Waals surface area contributed by atoms with Crippen LogP contribution in [0.15, 0.2) is 40.3 Å². The highest BCUT2D eigenvalue weighted by atomic mass is 32.2. The third-order valence-corrected chi connectivity index (χ3v) is 7.25. The van der Waals surface area contributed by atoms with Gasteiger partial charge in [-0.3, -0.25) is 4.79 Å². The number of thiophene rings is 1. The first-order valence-corrected chi connectivity index (χ1v) is 11.5. The minimum Gasteiger partial charge on any atom is -0.268 e. The largest absolute Gasteiger partial charge is 0.268 e. The number of fused-ring (bicyclic) bond motifs is 3. The van der Waals surface area contributed by atoms with Gasteiger partial charge in [-0.25, -0.2) is 8.97 Å². The van der Waals surface area contributed by atoms with Crippen LogP contribution in [-0.4, -0.2) is 24.9 Å². The molecule has 0 aliphatic heterocycles. The minimum absolute atomic E-state index is 0.0255. The van der Waals surface area contributed by atoms with Gasteiger partial charge >= 0.3 is 0 Å². The average Bonchev–Trinajstić information content (AvgIpc) is 3.24. The molecule has 0 saturated heterocycles. The zero-order valence-corrected chi connectivity index (χ0v) is 18.1. The van der Waals surface area contributed by atoms with Crippen LogP contribution < -0.4 is 5.56 Å². The maximum atomic E-state index is 13.4. The fourth-order valence-corrected chi connectivity index (χ4v) is 5.54. The van der Waals surface area contributed by atoms with Crippen molar-refractivity contribution in [1.82, 2.24) is 19.2 Å². The molecule has 0 fully saturated rings. The molecular weight excluding hydrogens is 388 g/mol. The van der Waals surface area contributed by atoms with Crippen molar-refractivity contribution in [3.8, 4) is 5.69 Å². The second-order valence-corrected chi connectivity index (χ2v) is 9.23. The van der Waals surface area contributed by atoms with Gasteiger partial charge in [-0.2, -0.15) is 0 Å². The van der Waals surface area contributed by atoms with Gasteiger partial charge in [0.05, 0.1) is 11.1 Å². The lowest BCUT2D eigenvalue weighted by Gasteiger charge is -2.09. The van der Waals surface area contributed by atoms with Crippen LogP contribution in [0.5, 0.6) is 0 Å². The van der Waals surface area contributed by atoms with Crippen molar-refractivity contribution in [1.29, 1.82) is 0 Å². The summed E-state index contributed by atoms with van der Waals surface area (Å²) in [5, 5.41) is 10.5. The van der Waals surface area contributed by atoms with Gasteiger partial charge in [0.15, 0.2) is 5.16 Å². The van der Waals surface area contributed by atoms with E-state index in [9.17, 15) is 4.79 Å². The number of nitrogens with zero attached hydrogens (tertiary/aromatic N) is 4. The molecule has 0 unspecified atom stereocenters. The number of thioether (sulfide) groups is 1. The van der Waals surface area contributed by atoms with E-state index in [2.05, 4.69) is 28.4 Å². The maximum absolute atomic E-state index is 13.4. The fourth-order valence-electron chi connectivity index (χ4n) is 3.40. The molecule has 0 N–H and O–H groups in total. The SMILES string of the molecule is CCCCCCSc1nnc2n(-c3ccccc3)c(=O)c3c(C)c(C)sc3n12. The zero-order valence-electron chi connectivity index (χ0n) is 16.4. The molecule has 0 saturated carbocycles. The standard InChI is InChI=1S/C21H24N4OS2/c1-4-5-6-10-13-27-21-23-22-20-24(16-11-8-7-9-12-16)18(26)17-14(2)15(3)28-19(17)25(20)21/h7-9,11-12H,4-6,10,13H2,1-3H3. The Hall–Kier alpha value is -2.12. The Morgan fingerprint density at radius 1 is 1.07 bits per heavy atom. The van der Waals surface area contributed by atoms with E-state index in [0.717, 1.165) is 43.7 Å². The lowest BCUT2D eigenvalue weighted by atomic mass is 10.2. The topological polar surface area (TPSA) is 52.2 Å². The number of rotatable bonds is 7. The summed E-state index contributed by atoms with van der Waals surface area (Å²) in [5.41, 5.74) is 1.83. The highest BCUT2D eigenvalue weighted by Crippen LogP contribution is 2.31. The molecule has 0 aliphatic rings. The molecule has 0 atom stereocenters. The van der Waals surface area contributed by atoms with Crippen molar-refractivity contribution in [2.75, 3.05) is 5.75 Å². The molecule has 0 spiro atoms. The van der Waals surface area contributed by atoms with Crippen molar-refractivity contribution < 1.29 is 0 Å². The number of aryl methyl sites for hydroxylation is 2. The van der Waals surface area contributed by atoms with Gasteiger partial charge in [0.2, 0.25) is 5.78 Å². The molecule has 5 nitrogen and oxygen atoms in total. The summed E-state index contributed by atoms with van der Waals surface area (Å²) in [7, 11) is 0.